The summed E-state index contributed by atoms with van der Waals surface area (Å²) in [4.78, 5) is 41.9. The van der Waals surface area contributed by atoms with Gasteiger partial charge in [-0.05, 0) is 61.9 Å². The van der Waals surface area contributed by atoms with Crippen LogP contribution in [0.4, 0.5) is 11.4 Å². The number of esters is 1. The van der Waals surface area contributed by atoms with Crippen molar-refractivity contribution in [1.29, 1.82) is 0 Å². The number of halogens is 1. The number of para-hydroxylation sites is 1. The fraction of sp³-hybridized carbons (Fsp3) is 0.148. The van der Waals surface area contributed by atoms with Gasteiger partial charge >= 0.3 is 5.97 Å². The molecular formula is C27H23ClN2O4S. The summed E-state index contributed by atoms with van der Waals surface area (Å²) < 4.78 is 5.28. The average Bonchev–Trinajstić information content (AvgIpc) is 3.09. The Bertz CT molecular complexity index is 1230. The van der Waals surface area contributed by atoms with Gasteiger partial charge in [0.05, 0.1) is 17.9 Å². The van der Waals surface area contributed by atoms with Gasteiger partial charge in [0.2, 0.25) is 0 Å². The molecule has 1 N–H and O–H groups in total. The first-order valence-corrected chi connectivity index (χ1v) is 12.2. The first kappa shape index (κ1) is 24.6. The number of benzene rings is 3. The average molecular weight is 507 g/mol. The smallest absolute Gasteiger partial charge is 0.340 e. The molecule has 8 heteroatoms. The van der Waals surface area contributed by atoms with E-state index in [1.54, 1.807) is 48.5 Å². The Hall–Kier alpha value is -3.55. The van der Waals surface area contributed by atoms with Crippen LogP contribution in [0, 0.1) is 6.92 Å². The molecular weight excluding hydrogens is 484 g/mol. The lowest BCUT2D eigenvalue weighted by atomic mass is 10.1. The van der Waals surface area contributed by atoms with Crippen LogP contribution in [0.1, 0.15) is 29.3 Å². The summed E-state index contributed by atoms with van der Waals surface area (Å²) >= 11 is 7.17. The molecule has 0 atom stereocenters. The van der Waals surface area contributed by atoms with Crippen molar-refractivity contribution in [2.75, 3.05) is 16.8 Å². The number of rotatable bonds is 8. The van der Waals surface area contributed by atoms with E-state index in [9.17, 15) is 14.4 Å². The maximum atomic E-state index is 13.6. The van der Waals surface area contributed by atoms with Crippen LogP contribution in [0.3, 0.4) is 0 Å². The number of thioether (sulfide) groups is 1. The van der Waals surface area contributed by atoms with Crippen molar-refractivity contribution < 1.29 is 19.1 Å². The number of nitrogens with zero attached hydrogens (tertiary/aromatic N) is 1. The van der Waals surface area contributed by atoms with E-state index >= 15 is 0 Å². The fourth-order valence-corrected chi connectivity index (χ4v) is 4.50. The largest absolute Gasteiger partial charge is 0.462 e. The monoisotopic (exact) mass is 506 g/mol. The van der Waals surface area contributed by atoms with Crippen LogP contribution in [0.15, 0.2) is 88.3 Å². The number of anilines is 2. The molecule has 1 heterocycles. The van der Waals surface area contributed by atoms with Crippen LogP contribution in [-0.2, 0) is 14.3 Å². The lowest BCUT2D eigenvalue weighted by Crippen LogP contribution is -2.33. The van der Waals surface area contributed by atoms with Gasteiger partial charge in [-0.1, -0.05) is 60.1 Å². The summed E-state index contributed by atoms with van der Waals surface area (Å²) in [5.41, 5.74) is 2.19. The fourth-order valence-electron chi connectivity index (χ4n) is 3.45. The molecule has 0 spiro atoms. The van der Waals surface area contributed by atoms with Gasteiger partial charge in [-0.3, -0.25) is 9.59 Å². The van der Waals surface area contributed by atoms with Gasteiger partial charge in [-0.2, -0.15) is 0 Å². The van der Waals surface area contributed by atoms with Crippen LogP contribution in [-0.4, -0.2) is 24.4 Å². The molecule has 178 valence electrons. The molecule has 3 aromatic carbocycles. The molecule has 2 amide bonds. The molecule has 35 heavy (non-hydrogen) atoms. The minimum Gasteiger partial charge on any atom is -0.462 e. The van der Waals surface area contributed by atoms with Crippen molar-refractivity contribution in [2.45, 2.75) is 25.2 Å². The molecule has 0 saturated carbocycles. The second-order valence-corrected chi connectivity index (χ2v) is 9.37. The highest BCUT2D eigenvalue weighted by Crippen LogP contribution is 2.39. The number of hydrogen-bond acceptors (Lipinski definition) is 6. The third kappa shape index (κ3) is 5.42. The Morgan fingerprint density at radius 3 is 2.34 bits per heavy atom. The van der Waals surface area contributed by atoms with Gasteiger partial charge in [0, 0.05) is 15.6 Å². The number of aryl methyl sites for hydroxylation is 1. The zero-order chi connectivity index (χ0) is 24.9. The summed E-state index contributed by atoms with van der Waals surface area (Å²) in [7, 11) is 0. The molecule has 1 aliphatic rings. The lowest BCUT2D eigenvalue weighted by molar-refractivity contribution is -0.120. The third-order valence-electron chi connectivity index (χ3n) is 5.20. The number of hydrogen-bond donors (Lipinski definition) is 1. The molecule has 0 aliphatic carbocycles. The van der Waals surface area contributed by atoms with Crippen molar-refractivity contribution in [3.63, 3.8) is 0 Å². The molecule has 0 fully saturated rings. The van der Waals surface area contributed by atoms with E-state index < -0.39 is 17.8 Å². The van der Waals surface area contributed by atoms with Crippen LogP contribution in [0.25, 0.3) is 0 Å². The second kappa shape index (κ2) is 10.8. The molecule has 6 nitrogen and oxygen atoms in total. The zero-order valence-electron chi connectivity index (χ0n) is 19.2. The summed E-state index contributed by atoms with van der Waals surface area (Å²) in [6.45, 7) is 4.09. The van der Waals surface area contributed by atoms with Crippen molar-refractivity contribution in [3.05, 3.63) is 99.5 Å². The van der Waals surface area contributed by atoms with Crippen molar-refractivity contribution in [2.24, 2.45) is 0 Å². The number of ether oxygens (including phenoxy) is 1. The molecule has 0 radical (unpaired) electrons. The van der Waals surface area contributed by atoms with E-state index in [2.05, 4.69) is 5.32 Å². The minimum absolute atomic E-state index is 0.135. The Labute approximate surface area is 212 Å². The normalized spacial score (nSPS) is 13.4. The standard InChI is InChI=1S/C27H23ClN2O4S/c1-3-16-34-27(33)21-6-4-5-7-22(21)30-25(31)23(29-19-12-8-17(2)9-13-19)24(26(30)32)35-20-14-10-18(28)11-15-20/h4-15,29H,3,16H2,1-2H3. The van der Waals surface area contributed by atoms with Crippen LogP contribution < -0.4 is 10.2 Å². The molecule has 0 unspecified atom stereocenters. The van der Waals surface area contributed by atoms with E-state index in [0.29, 0.717) is 17.1 Å². The van der Waals surface area contributed by atoms with E-state index in [1.807, 2.05) is 38.1 Å². The lowest BCUT2D eigenvalue weighted by Gasteiger charge is -2.18. The van der Waals surface area contributed by atoms with Crippen LogP contribution in [0.2, 0.25) is 5.02 Å². The Morgan fingerprint density at radius 1 is 0.971 bits per heavy atom. The van der Waals surface area contributed by atoms with Gasteiger partial charge in [0.1, 0.15) is 10.6 Å². The van der Waals surface area contributed by atoms with Crippen molar-refractivity contribution in [3.8, 4) is 0 Å². The Morgan fingerprint density at radius 2 is 1.66 bits per heavy atom. The number of carbonyl (C=O) groups is 3. The van der Waals surface area contributed by atoms with Gasteiger partial charge in [-0.25, -0.2) is 9.69 Å². The van der Waals surface area contributed by atoms with Crippen LogP contribution in [0.5, 0.6) is 0 Å². The molecule has 4 rings (SSSR count). The predicted molar refractivity (Wildman–Crippen MR) is 139 cm³/mol. The first-order chi connectivity index (χ1) is 16.9. The number of amides is 2. The van der Waals surface area contributed by atoms with E-state index in [0.717, 1.165) is 27.1 Å². The summed E-state index contributed by atoms with van der Waals surface area (Å²) in [5.74, 6) is -1.67. The predicted octanol–water partition coefficient (Wildman–Crippen LogP) is 6.20. The highest BCUT2D eigenvalue weighted by molar-refractivity contribution is 8.04. The summed E-state index contributed by atoms with van der Waals surface area (Å²) in [6.07, 6.45) is 0.656. The van der Waals surface area contributed by atoms with Gasteiger partial charge in [-0.15, -0.1) is 0 Å². The van der Waals surface area contributed by atoms with E-state index in [4.69, 9.17) is 16.3 Å². The highest BCUT2D eigenvalue weighted by atomic mass is 35.5. The molecule has 0 saturated heterocycles. The second-order valence-electron chi connectivity index (χ2n) is 7.85. The topological polar surface area (TPSA) is 75.7 Å². The van der Waals surface area contributed by atoms with Crippen molar-refractivity contribution in [1.82, 2.24) is 0 Å². The SMILES string of the molecule is CCCOC(=O)c1ccccc1N1C(=O)C(Nc2ccc(C)cc2)=C(Sc2ccc(Cl)cc2)C1=O. The molecule has 0 bridgehead atoms. The Balaban J connectivity index is 1.74. The third-order valence-corrected chi connectivity index (χ3v) is 6.54. The minimum atomic E-state index is -0.588. The number of imide groups is 1. The maximum absolute atomic E-state index is 13.6. The summed E-state index contributed by atoms with van der Waals surface area (Å²) in [5, 5.41) is 3.68. The zero-order valence-corrected chi connectivity index (χ0v) is 20.8. The molecule has 3 aromatic rings. The number of carbonyl (C=O) groups excluding carboxylic acids is 3. The van der Waals surface area contributed by atoms with Gasteiger partial charge in [0.15, 0.2) is 0 Å². The highest BCUT2D eigenvalue weighted by Gasteiger charge is 2.41. The van der Waals surface area contributed by atoms with E-state index in [-0.39, 0.29) is 28.5 Å². The van der Waals surface area contributed by atoms with Crippen LogP contribution >= 0.6 is 23.4 Å². The quantitative estimate of drug-likeness (QED) is 0.289. The Kier molecular flexibility index (Phi) is 7.58. The maximum Gasteiger partial charge on any atom is 0.340 e. The van der Waals surface area contributed by atoms with E-state index in [1.165, 1.54) is 0 Å². The first-order valence-electron chi connectivity index (χ1n) is 11.1. The molecule has 0 aromatic heterocycles. The number of nitrogens with one attached hydrogen (secondary N) is 1. The van der Waals surface area contributed by atoms with Gasteiger partial charge < -0.3 is 10.1 Å². The van der Waals surface area contributed by atoms with Crippen molar-refractivity contribution >= 4 is 52.5 Å². The molecule has 1 aliphatic heterocycles. The van der Waals surface area contributed by atoms with Gasteiger partial charge in [0.25, 0.3) is 11.8 Å². The summed E-state index contributed by atoms with van der Waals surface area (Å²) in [6, 6.07) is 20.9.